The van der Waals surface area contributed by atoms with E-state index >= 15 is 0 Å². The Morgan fingerprint density at radius 3 is 2.53 bits per heavy atom. The third kappa shape index (κ3) is 5.22. The molecule has 2 aromatic carbocycles. The second-order valence-electron chi connectivity index (χ2n) is 8.79. The van der Waals surface area contributed by atoms with Crippen molar-refractivity contribution in [3.8, 4) is 17.2 Å². The number of ether oxygens (including phenoxy) is 4. The molecule has 0 amide bonds. The second-order valence-corrected chi connectivity index (χ2v) is 8.79. The lowest BCUT2D eigenvalue weighted by molar-refractivity contribution is 0.0598. The van der Waals surface area contributed by atoms with Crippen molar-refractivity contribution in [1.82, 2.24) is 9.97 Å². The first-order valence-corrected chi connectivity index (χ1v) is 12.0. The van der Waals surface area contributed by atoms with Crippen LogP contribution in [-0.4, -0.2) is 50.9 Å². The number of nitrogens with zero attached hydrogens (tertiary/aromatic N) is 3. The number of methoxy groups -OCH3 is 4. The van der Waals surface area contributed by atoms with Crippen LogP contribution in [0.2, 0.25) is 0 Å². The molecule has 1 fully saturated rings. The zero-order chi connectivity index (χ0) is 25.7. The highest BCUT2D eigenvalue weighted by Crippen LogP contribution is 2.40. The lowest BCUT2D eigenvalue weighted by atomic mass is 10.0. The van der Waals surface area contributed by atoms with E-state index in [1.165, 1.54) is 7.11 Å². The van der Waals surface area contributed by atoms with Crippen molar-refractivity contribution in [3.63, 3.8) is 0 Å². The van der Waals surface area contributed by atoms with Gasteiger partial charge in [0.25, 0.3) is 0 Å². The molecule has 2 heterocycles. The molecule has 0 bridgehead atoms. The number of esters is 1. The molecule has 8 heteroatoms. The molecule has 1 aromatic heterocycles. The fourth-order valence-electron chi connectivity index (χ4n) is 4.72. The third-order valence-electron chi connectivity index (χ3n) is 6.69. The second kappa shape index (κ2) is 11.3. The van der Waals surface area contributed by atoms with Gasteiger partial charge in [0.05, 0.1) is 45.7 Å². The molecular weight excluding hydrogens is 458 g/mol. The van der Waals surface area contributed by atoms with Crippen LogP contribution in [-0.2, 0) is 17.6 Å². The van der Waals surface area contributed by atoms with Gasteiger partial charge in [-0.25, -0.2) is 14.8 Å². The first kappa shape index (κ1) is 25.3. The van der Waals surface area contributed by atoms with Crippen molar-refractivity contribution in [2.45, 2.75) is 38.6 Å². The van der Waals surface area contributed by atoms with Crippen LogP contribution in [0.3, 0.4) is 0 Å². The average Bonchev–Trinajstić information content (AvgIpc) is 3.41. The number of hydrogen-bond acceptors (Lipinski definition) is 8. The van der Waals surface area contributed by atoms with Gasteiger partial charge in [-0.3, -0.25) is 0 Å². The quantitative estimate of drug-likeness (QED) is 0.398. The minimum Gasteiger partial charge on any atom is -0.497 e. The van der Waals surface area contributed by atoms with Gasteiger partial charge in [-0.05, 0) is 61.9 Å². The van der Waals surface area contributed by atoms with Gasteiger partial charge >= 0.3 is 5.97 Å². The van der Waals surface area contributed by atoms with Crippen molar-refractivity contribution in [3.05, 3.63) is 70.5 Å². The SMILES string of the molecule is COC(=O)c1cnc(N2CCCC2c2ccc(OC)cc2OC)nc1CCc1ccc(C)c(OC)c1. The van der Waals surface area contributed by atoms with Crippen LogP contribution in [0, 0.1) is 6.92 Å². The van der Waals surface area contributed by atoms with Gasteiger partial charge in [-0.15, -0.1) is 0 Å². The zero-order valence-corrected chi connectivity index (χ0v) is 21.5. The molecule has 0 N–H and O–H groups in total. The average molecular weight is 492 g/mol. The molecule has 1 saturated heterocycles. The first-order valence-electron chi connectivity index (χ1n) is 12.0. The van der Waals surface area contributed by atoms with E-state index in [9.17, 15) is 4.79 Å². The fraction of sp³-hybridized carbons (Fsp3) is 0.393. The molecule has 8 nitrogen and oxygen atoms in total. The number of anilines is 1. The number of aryl methyl sites for hydroxylation is 3. The predicted molar refractivity (Wildman–Crippen MR) is 137 cm³/mol. The Labute approximate surface area is 212 Å². The van der Waals surface area contributed by atoms with Gasteiger partial charge in [0, 0.05) is 24.4 Å². The smallest absolute Gasteiger partial charge is 0.341 e. The van der Waals surface area contributed by atoms with Crippen LogP contribution in [0.25, 0.3) is 0 Å². The molecule has 36 heavy (non-hydrogen) atoms. The van der Waals surface area contributed by atoms with Gasteiger partial charge in [0.15, 0.2) is 0 Å². The summed E-state index contributed by atoms with van der Waals surface area (Å²) in [5.41, 5.74) is 4.30. The molecule has 190 valence electrons. The van der Waals surface area contributed by atoms with Crippen molar-refractivity contribution < 1.29 is 23.7 Å². The minimum absolute atomic E-state index is 0.0593. The number of carbonyl (C=O) groups excluding carboxylic acids is 1. The molecule has 1 atom stereocenters. The Balaban J connectivity index is 1.65. The van der Waals surface area contributed by atoms with Crippen molar-refractivity contribution in [2.75, 3.05) is 39.9 Å². The Hall–Kier alpha value is -3.81. The highest BCUT2D eigenvalue weighted by atomic mass is 16.5. The minimum atomic E-state index is -0.437. The molecule has 0 radical (unpaired) electrons. The van der Waals surface area contributed by atoms with Crippen LogP contribution < -0.4 is 19.1 Å². The summed E-state index contributed by atoms with van der Waals surface area (Å²) in [4.78, 5) is 24.1. The van der Waals surface area contributed by atoms with Gasteiger partial charge < -0.3 is 23.8 Å². The van der Waals surface area contributed by atoms with Gasteiger partial charge in [0.1, 0.15) is 17.2 Å². The summed E-state index contributed by atoms with van der Waals surface area (Å²) in [6.45, 7) is 2.82. The van der Waals surface area contributed by atoms with Crippen molar-refractivity contribution in [2.24, 2.45) is 0 Å². The van der Waals surface area contributed by atoms with Gasteiger partial charge in [-0.1, -0.05) is 12.1 Å². The van der Waals surface area contributed by atoms with E-state index in [1.54, 1.807) is 27.5 Å². The van der Waals surface area contributed by atoms with Crippen LogP contribution in [0.4, 0.5) is 5.95 Å². The lowest BCUT2D eigenvalue weighted by Crippen LogP contribution is -2.26. The van der Waals surface area contributed by atoms with Crippen molar-refractivity contribution in [1.29, 1.82) is 0 Å². The van der Waals surface area contributed by atoms with E-state index in [0.29, 0.717) is 30.0 Å². The highest BCUT2D eigenvalue weighted by Gasteiger charge is 2.31. The summed E-state index contributed by atoms with van der Waals surface area (Å²) >= 11 is 0. The zero-order valence-electron chi connectivity index (χ0n) is 21.5. The van der Waals surface area contributed by atoms with Gasteiger partial charge in [-0.2, -0.15) is 0 Å². The maximum absolute atomic E-state index is 12.5. The normalized spacial score (nSPS) is 15.0. The van der Waals surface area contributed by atoms with Crippen LogP contribution in [0.1, 0.15) is 51.6 Å². The molecule has 3 aromatic rings. The molecule has 0 aliphatic carbocycles. The standard InChI is InChI=1S/C28H33N3O5/c1-18-8-9-19(15-25(18)34-3)10-13-23-22(27(32)36-5)17-29-28(30-23)31-14-6-7-24(31)21-12-11-20(33-2)16-26(21)35-4/h8-9,11-12,15-17,24H,6-7,10,13-14H2,1-5H3. The number of hydrogen-bond donors (Lipinski definition) is 0. The molecular formula is C28H33N3O5. The number of aromatic nitrogens is 2. The summed E-state index contributed by atoms with van der Waals surface area (Å²) in [7, 11) is 6.35. The Morgan fingerprint density at radius 2 is 1.81 bits per heavy atom. The van der Waals surface area contributed by atoms with E-state index in [-0.39, 0.29) is 6.04 Å². The fourth-order valence-corrected chi connectivity index (χ4v) is 4.72. The highest BCUT2D eigenvalue weighted by molar-refractivity contribution is 5.90. The maximum atomic E-state index is 12.5. The molecule has 4 rings (SSSR count). The topological polar surface area (TPSA) is 83.0 Å². The molecule has 1 aliphatic heterocycles. The molecule has 1 unspecified atom stereocenters. The molecule has 0 saturated carbocycles. The van der Waals surface area contributed by atoms with E-state index in [2.05, 4.69) is 16.0 Å². The van der Waals surface area contributed by atoms with E-state index < -0.39 is 5.97 Å². The van der Waals surface area contributed by atoms with Crippen molar-refractivity contribution >= 4 is 11.9 Å². The van der Waals surface area contributed by atoms with Crippen LogP contribution in [0.5, 0.6) is 17.2 Å². The van der Waals surface area contributed by atoms with E-state index in [0.717, 1.165) is 53.3 Å². The monoisotopic (exact) mass is 491 g/mol. The summed E-state index contributed by atoms with van der Waals surface area (Å²) in [6, 6.07) is 12.1. The van der Waals surface area contributed by atoms with Crippen LogP contribution >= 0.6 is 0 Å². The predicted octanol–water partition coefficient (Wildman–Crippen LogP) is 4.72. The van der Waals surface area contributed by atoms with Gasteiger partial charge in [0.2, 0.25) is 5.95 Å². The maximum Gasteiger partial charge on any atom is 0.341 e. The van der Waals surface area contributed by atoms with E-state index in [4.69, 9.17) is 23.9 Å². The Kier molecular flexibility index (Phi) is 7.93. The third-order valence-corrected chi connectivity index (χ3v) is 6.69. The largest absolute Gasteiger partial charge is 0.497 e. The number of carbonyl (C=O) groups is 1. The Bertz CT molecular complexity index is 1230. The first-order chi connectivity index (χ1) is 17.5. The Morgan fingerprint density at radius 1 is 1.00 bits per heavy atom. The van der Waals surface area contributed by atoms with E-state index in [1.807, 2.05) is 37.3 Å². The molecule has 0 spiro atoms. The molecule has 1 aliphatic rings. The summed E-state index contributed by atoms with van der Waals surface area (Å²) in [5, 5.41) is 0. The summed E-state index contributed by atoms with van der Waals surface area (Å²) in [6.07, 6.45) is 4.80. The number of rotatable bonds is 9. The lowest BCUT2D eigenvalue weighted by Gasteiger charge is -2.27. The van der Waals surface area contributed by atoms with Crippen LogP contribution in [0.15, 0.2) is 42.6 Å². The summed E-state index contributed by atoms with van der Waals surface area (Å²) in [5.74, 6) is 2.52. The number of benzene rings is 2. The summed E-state index contributed by atoms with van der Waals surface area (Å²) < 4.78 is 21.5.